The molecule has 0 atom stereocenters. The lowest BCUT2D eigenvalue weighted by Gasteiger charge is -2.07. The van der Waals surface area contributed by atoms with E-state index in [-0.39, 0.29) is 11.7 Å². The van der Waals surface area contributed by atoms with Crippen LogP contribution in [0.25, 0.3) is 0 Å². The molecule has 2 aromatic rings. The molecule has 0 radical (unpaired) electrons. The number of hydrogen-bond acceptors (Lipinski definition) is 7. The summed E-state index contributed by atoms with van der Waals surface area (Å²) in [6, 6.07) is 6.54. The van der Waals surface area contributed by atoms with Crippen LogP contribution in [0.1, 0.15) is 35.9 Å². The number of carbonyl (C=O) groups excluding carboxylic acids is 2. The number of aryl methyl sites for hydroxylation is 1. The topological polar surface area (TPSA) is 112 Å². The fourth-order valence-corrected chi connectivity index (χ4v) is 2.76. The zero-order valence-corrected chi connectivity index (χ0v) is 15.0. The van der Waals surface area contributed by atoms with Crippen LogP contribution in [0.4, 0.5) is 5.69 Å². The van der Waals surface area contributed by atoms with E-state index < -0.39 is 5.97 Å². The lowest BCUT2D eigenvalue weighted by Crippen LogP contribution is -2.17. The molecule has 2 rings (SSSR count). The number of rotatable bonds is 8. The molecule has 1 amide bonds. The molecule has 8 nitrogen and oxygen atoms in total. The van der Waals surface area contributed by atoms with Gasteiger partial charge in [-0.15, -0.1) is 10.2 Å². The van der Waals surface area contributed by atoms with Crippen LogP contribution in [0.5, 0.6) is 0 Å². The molecule has 0 saturated heterocycles. The predicted molar refractivity (Wildman–Crippen MR) is 95.9 cm³/mol. The van der Waals surface area contributed by atoms with E-state index in [0.717, 1.165) is 19.3 Å². The minimum Gasteiger partial charge on any atom is -0.465 e. The Bertz CT molecular complexity index is 747. The van der Waals surface area contributed by atoms with Crippen LogP contribution in [0, 0.1) is 0 Å². The summed E-state index contributed by atoms with van der Waals surface area (Å²) in [7, 11) is 1.31. The number of ether oxygens (including phenoxy) is 1. The van der Waals surface area contributed by atoms with Crippen molar-refractivity contribution in [1.82, 2.24) is 14.9 Å². The van der Waals surface area contributed by atoms with Gasteiger partial charge in [-0.3, -0.25) is 4.79 Å². The standard InChI is InChI=1S/C16H21N5O3S/c1-3-4-8-13-19-20-16(21(13)17)25-10-14(22)18-12-7-5-6-11(9-12)15(23)24-2/h5-7,9H,3-4,8,10,17H2,1-2H3,(H,18,22). The molecular formula is C16H21N5O3S. The van der Waals surface area contributed by atoms with Gasteiger partial charge in [-0.25, -0.2) is 9.47 Å². The van der Waals surface area contributed by atoms with Gasteiger partial charge in [-0.2, -0.15) is 0 Å². The second kappa shape index (κ2) is 9.07. The Morgan fingerprint density at radius 2 is 2.16 bits per heavy atom. The molecule has 3 N–H and O–H groups in total. The summed E-state index contributed by atoms with van der Waals surface area (Å²) in [6.07, 6.45) is 2.78. The zero-order chi connectivity index (χ0) is 18.2. The number of amides is 1. The summed E-state index contributed by atoms with van der Waals surface area (Å²) in [5.74, 6) is 6.09. The van der Waals surface area contributed by atoms with Crippen LogP contribution in [0.3, 0.4) is 0 Å². The van der Waals surface area contributed by atoms with Gasteiger partial charge in [0.15, 0.2) is 5.82 Å². The van der Waals surface area contributed by atoms with E-state index in [9.17, 15) is 9.59 Å². The van der Waals surface area contributed by atoms with Crippen molar-refractivity contribution in [2.75, 3.05) is 24.0 Å². The Labute approximate surface area is 150 Å². The molecule has 0 fully saturated rings. The predicted octanol–water partition coefficient (Wildman–Crippen LogP) is 1.85. The van der Waals surface area contributed by atoms with E-state index >= 15 is 0 Å². The second-order valence-electron chi connectivity index (χ2n) is 5.28. The van der Waals surface area contributed by atoms with Crippen LogP contribution >= 0.6 is 11.8 Å². The van der Waals surface area contributed by atoms with Gasteiger partial charge < -0.3 is 15.9 Å². The number of nitrogens with one attached hydrogen (secondary N) is 1. The fraction of sp³-hybridized carbons (Fsp3) is 0.375. The third kappa shape index (κ3) is 5.21. The molecule has 0 aliphatic heterocycles. The molecule has 1 aromatic heterocycles. The quantitative estimate of drug-likeness (QED) is 0.418. The molecule has 0 saturated carbocycles. The van der Waals surface area contributed by atoms with Crippen LogP contribution in [0.2, 0.25) is 0 Å². The number of esters is 1. The highest BCUT2D eigenvalue weighted by Crippen LogP contribution is 2.17. The Morgan fingerprint density at radius 1 is 1.36 bits per heavy atom. The van der Waals surface area contributed by atoms with E-state index in [2.05, 4.69) is 27.2 Å². The molecule has 0 aliphatic rings. The van der Waals surface area contributed by atoms with Gasteiger partial charge in [0.05, 0.1) is 18.4 Å². The minimum absolute atomic E-state index is 0.131. The number of aromatic nitrogens is 3. The van der Waals surface area contributed by atoms with E-state index in [1.165, 1.54) is 23.5 Å². The van der Waals surface area contributed by atoms with E-state index in [0.29, 0.717) is 22.2 Å². The van der Waals surface area contributed by atoms with Gasteiger partial charge in [0.25, 0.3) is 0 Å². The first kappa shape index (κ1) is 18.8. The summed E-state index contributed by atoms with van der Waals surface area (Å²) < 4.78 is 6.08. The molecule has 0 aliphatic carbocycles. The minimum atomic E-state index is -0.457. The molecule has 1 heterocycles. The van der Waals surface area contributed by atoms with Crippen molar-refractivity contribution >= 4 is 29.3 Å². The summed E-state index contributed by atoms with van der Waals surface area (Å²) in [5.41, 5.74) is 0.890. The maximum absolute atomic E-state index is 12.1. The molecule has 134 valence electrons. The SMILES string of the molecule is CCCCc1nnc(SCC(=O)Nc2cccc(C(=O)OC)c2)n1N. The molecule has 0 unspecified atom stereocenters. The van der Waals surface area contributed by atoms with Crippen molar-refractivity contribution < 1.29 is 14.3 Å². The lowest BCUT2D eigenvalue weighted by atomic mass is 10.2. The third-order valence-electron chi connectivity index (χ3n) is 3.39. The smallest absolute Gasteiger partial charge is 0.337 e. The summed E-state index contributed by atoms with van der Waals surface area (Å²) >= 11 is 1.20. The lowest BCUT2D eigenvalue weighted by molar-refractivity contribution is -0.113. The second-order valence-corrected chi connectivity index (χ2v) is 6.22. The fourth-order valence-electron chi connectivity index (χ4n) is 2.08. The van der Waals surface area contributed by atoms with Crippen molar-refractivity contribution in [3.63, 3.8) is 0 Å². The Hall–Kier alpha value is -2.55. The number of nitrogens with two attached hydrogens (primary N) is 1. The molecular weight excluding hydrogens is 342 g/mol. The Kier molecular flexibility index (Phi) is 6.81. The number of thioether (sulfide) groups is 1. The van der Waals surface area contributed by atoms with E-state index in [4.69, 9.17) is 5.84 Å². The van der Waals surface area contributed by atoms with E-state index in [1.807, 2.05) is 0 Å². The summed E-state index contributed by atoms with van der Waals surface area (Å²) in [6.45, 7) is 2.09. The van der Waals surface area contributed by atoms with Gasteiger partial charge in [0, 0.05) is 12.1 Å². The highest BCUT2D eigenvalue weighted by molar-refractivity contribution is 7.99. The average Bonchev–Trinajstić information content (AvgIpc) is 2.97. The van der Waals surface area contributed by atoms with Gasteiger partial charge in [0.1, 0.15) is 0 Å². The van der Waals surface area contributed by atoms with Crippen LogP contribution in [-0.4, -0.2) is 39.6 Å². The van der Waals surface area contributed by atoms with Gasteiger partial charge in [-0.1, -0.05) is 31.2 Å². The first-order valence-corrected chi connectivity index (χ1v) is 8.84. The number of carbonyl (C=O) groups is 2. The number of benzene rings is 1. The van der Waals surface area contributed by atoms with Crippen LogP contribution < -0.4 is 11.2 Å². The third-order valence-corrected chi connectivity index (χ3v) is 4.33. The van der Waals surface area contributed by atoms with Gasteiger partial charge in [-0.05, 0) is 24.6 Å². The largest absolute Gasteiger partial charge is 0.465 e. The molecule has 1 aromatic carbocycles. The van der Waals surface area contributed by atoms with E-state index in [1.54, 1.807) is 24.3 Å². The van der Waals surface area contributed by atoms with Crippen molar-refractivity contribution in [3.8, 4) is 0 Å². The Morgan fingerprint density at radius 3 is 2.88 bits per heavy atom. The summed E-state index contributed by atoms with van der Waals surface area (Å²) in [4.78, 5) is 23.6. The number of unbranched alkanes of at least 4 members (excludes halogenated alkanes) is 1. The molecule has 25 heavy (non-hydrogen) atoms. The van der Waals surface area contributed by atoms with Crippen molar-refractivity contribution in [2.45, 2.75) is 31.3 Å². The average molecular weight is 363 g/mol. The number of nitrogens with zero attached hydrogens (tertiary/aromatic N) is 3. The van der Waals surface area contributed by atoms with Crippen LogP contribution in [0.15, 0.2) is 29.4 Å². The normalized spacial score (nSPS) is 10.5. The van der Waals surface area contributed by atoms with Gasteiger partial charge >= 0.3 is 5.97 Å². The summed E-state index contributed by atoms with van der Waals surface area (Å²) in [5, 5.41) is 11.3. The number of hydrogen-bond donors (Lipinski definition) is 2. The maximum atomic E-state index is 12.1. The van der Waals surface area contributed by atoms with Crippen molar-refractivity contribution in [2.24, 2.45) is 0 Å². The number of nitrogen functional groups attached to an aromatic ring is 1. The maximum Gasteiger partial charge on any atom is 0.337 e. The van der Waals surface area contributed by atoms with Crippen molar-refractivity contribution in [1.29, 1.82) is 0 Å². The zero-order valence-electron chi connectivity index (χ0n) is 14.2. The van der Waals surface area contributed by atoms with Gasteiger partial charge in [0.2, 0.25) is 11.1 Å². The number of anilines is 1. The Balaban J connectivity index is 1.91. The molecule has 9 heteroatoms. The number of methoxy groups -OCH3 is 1. The van der Waals surface area contributed by atoms with Crippen LogP contribution in [-0.2, 0) is 16.0 Å². The van der Waals surface area contributed by atoms with Crippen molar-refractivity contribution in [3.05, 3.63) is 35.7 Å². The molecule has 0 spiro atoms. The monoisotopic (exact) mass is 363 g/mol. The first-order chi connectivity index (χ1) is 12.0. The first-order valence-electron chi connectivity index (χ1n) is 7.85. The highest BCUT2D eigenvalue weighted by Gasteiger charge is 2.13. The highest BCUT2D eigenvalue weighted by atomic mass is 32.2. The molecule has 0 bridgehead atoms.